The van der Waals surface area contributed by atoms with Crippen LogP contribution in [-0.4, -0.2) is 30.3 Å². The normalized spacial score (nSPS) is 10.9. The number of aromatic hydroxyl groups is 1. The number of nitrogens with zero attached hydrogens (tertiary/aromatic N) is 2. The number of aryl methyl sites for hydroxylation is 1. The first-order valence-corrected chi connectivity index (χ1v) is 8.93. The van der Waals surface area contributed by atoms with Crippen LogP contribution in [0.25, 0.3) is 0 Å². The van der Waals surface area contributed by atoms with Crippen molar-refractivity contribution in [2.24, 2.45) is 5.10 Å². The van der Waals surface area contributed by atoms with Gasteiger partial charge in [0.25, 0.3) is 5.91 Å². The molecule has 0 spiro atoms. The Labute approximate surface area is 156 Å². The SMILES string of the molecule is CCN(CC)c1ccc(C=NNC(=O)c2ccc(C)c(Br)c2)c(O)c1. The lowest BCUT2D eigenvalue weighted by Gasteiger charge is -2.21. The van der Waals surface area contributed by atoms with Gasteiger partial charge < -0.3 is 10.0 Å². The number of anilines is 1. The summed E-state index contributed by atoms with van der Waals surface area (Å²) in [6.45, 7) is 7.81. The second kappa shape index (κ2) is 8.67. The van der Waals surface area contributed by atoms with E-state index in [9.17, 15) is 9.90 Å². The van der Waals surface area contributed by atoms with Gasteiger partial charge in [-0.3, -0.25) is 4.79 Å². The summed E-state index contributed by atoms with van der Waals surface area (Å²) >= 11 is 3.40. The molecule has 0 atom stereocenters. The molecule has 25 heavy (non-hydrogen) atoms. The van der Waals surface area contributed by atoms with E-state index < -0.39 is 0 Å². The zero-order valence-electron chi connectivity index (χ0n) is 14.6. The van der Waals surface area contributed by atoms with Crippen molar-refractivity contribution in [2.45, 2.75) is 20.8 Å². The van der Waals surface area contributed by atoms with Crippen molar-refractivity contribution in [3.8, 4) is 5.75 Å². The van der Waals surface area contributed by atoms with Crippen molar-refractivity contribution < 1.29 is 9.90 Å². The lowest BCUT2D eigenvalue weighted by Crippen LogP contribution is -2.21. The second-order valence-electron chi connectivity index (χ2n) is 5.58. The third kappa shape index (κ3) is 4.82. The van der Waals surface area contributed by atoms with Crippen molar-refractivity contribution >= 4 is 33.7 Å². The molecule has 2 N–H and O–H groups in total. The summed E-state index contributed by atoms with van der Waals surface area (Å²) in [7, 11) is 0. The summed E-state index contributed by atoms with van der Waals surface area (Å²) in [6, 6.07) is 10.7. The van der Waals surface area contributed by atoms with E-state index in [1.54, 1.807) is 24.3 Å². The molecule has 6 heteroatoms. The largest absolute Gasteiger partial charge is 0.507 e. The molecule has 0 aliphatic carbocycles. The maximum Gasteiger partial charge on any atom is 0.271 e. The van der Waals surface area contributed by atoms with Crippen LogP contribution in [0.2, 0.25) is 0 Å². The van der Waals surface area contributed by atoms with Gasteiger partial charge in [-0.2, -0.15) is 5.10 Å². The van der Waals surface area contributed by atoms with Crippen molar-refractivity contribution in [1.82, 2.24) is 5.43 Å². The van der Waals surface area contributed by atoms with E-state index in [4.69, 9.17) is 0 Å². The molecule has 2 rings (SSSR count). The Morgan fingerprint density at radius 3 is 2.56 bits per heavy atom. The number of hydrazone groups is 1. The molecule has 0 saturated carbocycles. The molecule has 1 amide bonds. The monoisotopic (exact) mass is 403 g/mol. The number of nitrogens with one attached hydrogen (secondary N) is 1. The maximum atomic E-state index is 12.1. The Hall–Kier alpha value is -2.34. The highest BCUT2D eigenvalue weighted by atomic mass is 79.9. The number of halogens is 1. The lowest BCUT2D eigenvalue weighted by atomic mass is 10.1. The van der Waals surface area contributed by atoms with Gasteiger partial charge in [0.05, 0.1) is 6.21 Å². The zero-order valence-corrected chi connectivity index (χ0v) is 16.2. The van der Waals surface area contributed by atoms with E-state index in [0.717, 1.165) is 28.8 Å². The molecule has 0 heterocycles. The third-order valence-electron chi connectivity index (χ3n) is 3.95. The number of phenolic OH excluding ortho intramolecular Hbond substituents is 1. The first-order valence-electron chi connectivity index (χ1n) is 8.13. The number of carbonyl (C=O) groups excluding carboxylic acids is 1. The van der Waals surface area contributed by atoms with Crippen molar-refractivity contribution in [2.75, 3.05) is 18.0 Å². The lowest BCUT2D eigenvalue weighted by molar-refractivity contribution is 0.0955. The summed E-state index contributed by atoms with van der Waals surface area (Å²) in [5.74, 6) is -0.184. The molecular formula is C19H22BrN3O2. The highest BCUT2D eigenvalue weighted by Gasteiger charge is 2.07. The summed E-state index contributed by atoms with van der Waals surface area (Å²) in [5.41, 5.74) is 5.53. The van der Waals surface area contributed by atoms with Crippen LogP contribution in [-0.2, 0) is 0 Å². The minimum Gasteiger partial charge on any atom is -0.507 e. The smallest absolute Gasteiger partial charge is 0.271 e. The van der Waals surface area contributed by atoms with E-state index in [2.05, 4.69) is 45.2 Å². The zero-order chi connectivity index (χ0) is 18.4. The van der Waals surface area contributed by atoms with Crippen LogP contribution >= 0.6 is 15.9 Å². The quantitative estimate of drug-likeness (QED) is 0.564. The van der Waals surface area contributed by atoms with Crippen LogP contribution in [0.3, 0.4) is 0 Å². The average Bonchev–Trinajstić information content (AvgIpc) is 2.60. The Morgan fingerprint density at radius 1 is 1.24 bits per heavy atom. The summed E-state index contributed by atoms with van der Waals surface area (Å²) in [4.78, 5) is 14.2. The van der Waals surface area contributed by atoms with Crippen LogP contribution in [0, 0.1) is 6.92 Å². The number of phenols is 1. The fourth-order valence-electron chi connectivity index (χ4n) is 2.39. The van der Waals surface area contributed by atoms with Gasteiger partial charge in [-0.15, -0.1) is 0 Å². The van der Waals surface area contributed by atoms with Gasteiger partial charge in [-0.1, -0.05) is 22.0 Å². The third-order valence-corrected chi connectivity index (χ3v) is 4.80. The van der Waals surface area contributed by atoms with Crippen LogP contribution in [0.15, 0.2) is 46.0 Å². The second-order valence-corrected chi connectivity index (χ2v) is 6.43. The molecule has 2 aromatic rings. The molecule has 0 bridgehead atoms. The van der Waals surface area contributed by atoms with E-state index in [1.807, 2.05) is 19.1 Å². The highest BCUT2D eigenvalue weighted by Crippen LogP contribution is 2.23. The molecule has 0 saturated heterocycles. The summed E-state index contributed by atoms with van der Waals surface area (Å²) < 4.78 is 0.869. The fourth-order valence-corrected chi connectivity index (χ4v) is 2.76. The molecule has 0 aliphatic heterocycles. The Morgan fingerprint density at radius 2 is 1.96 bits per heavy atom. The van der Waals surface area contributed by atoms with Gasteiger partial charge in [0.1, 0.15) is 5.75 Å². The predicted octanol–water partition coefficient (Wildman–Crippen LogP) is 4.07. The number of carbonyl (C=O) groups is 1. The van der Waals surface area contributed by atoms with Gasteiger partial charge in [-0.05, 0) is 50.6 Å². The molecule has 0 radical (unpaired) electrons. The van der Waals surface area contributed by atoms with Crippen LogP contribution in [0.4, 0.5) is 5.69 Å². The number of hydrogen-bond donors (Lipinski definition) is 2. The topological polar surface area (TPSA) is 64.9 Å². The number of amides is 1. The van der Waals surface area contributed by atoms with Crippen molar-refractivity contribution in [3.63, 3.8) is 0 Å². The van der Waals surface area contributed by atoms with Gasteiger partial charge >= 0.3 is 0 Å². The standard InChI is InChI=1S/C19H22BrN3O2/c1-4-23(5-2)16-9-8-15(18(24)11-16)12-21-22-19(25)14-7-6-13(3)17(20)10-14/h6-12,24H,4-5H2,1-3H3,(H,22,25). The predicted molar refractivity (Wildman–Crippen MR) is 106 cm³/mol. The molecule has 5 nitrogen and oxygen atoms in total. The minimum atomic E-state index is -0.309. The Balaban J connectivity index is 2.06. The molecule has 0 aliphatic rings. The molecule has 0 unspecified atom stereocenters. The molecule has 0 aromatic heterocycles. The van der Waals surface area contributed by atoms with Gasteiger partial charge in [-0.25, -0.2) is 5.43 Å². The van der Waals surface area contributed by atoms with Crippen molar-refractivity contribution in [1.29, 1.82) is 0 Å². The molecule has 2 aromatic carbocycles. The van der Waals surface area contributed by atoms with Gasteiger partial charge in [0.15, 0.2) is 0 Å². The van der Waals surface area contributed by atoms with E-state index in [0.29, 0.717) is 11.1 Å². The van der Waals surface area contributed by atoms with Gasteiger partial charge in [0.2, 0.25) is 0 Å². The molecule has 0 fully saturated rings. The van der Waals surface area contributed by atoms with E-state index >= 15 is 0 Å². The number of hydrogen-bond acceptors (Lipinski definition) is 4. The van der Waals surface area contributed by atoms with Crippen LogP contribution in [0.1, 0.15) is 35.3 Å². The van der Waals surface area contributed by atoms with Gasteiger partial charge in [0, 0.05) is 40.4 Å². The first kappa shape index (κ1) is 19.0. The number of benzene rings is 2. The first-order chi connectivity index (χ1) is 12.0. The van der Waals surface area contributed by atoms with Crippen molar-refractivity contribution in [3.05, 3.63) is 57.6 Å². The summed E-state index contributed by atoms with van der Waals surface area (Å²) in [5, 5.41) is 14.1. The minimum absolute atomic E-state index is 0.125. The Kier molecular flexibility index (Phi) is 6.58. The molecular weight excluding hydrogens is 382 g/mol. The highest BCUT2D eigenvalue weighted by molar-refractivity contribution is 9.10. The van der Waals surface area contributed by atoms with E-state index in [-0.39, 0.29) is 11.7 Å². The average molecular weight is 404 g/mol. The van der Waals surface area contributed by atoms with E-state index in [1.165, 1.54) is 6.21 Å². The van der Waals surface area contributed by atoms with Crippen LogP contribution in [0.5, 0.6) is 5.75 Å². The number of rotatable bonds is 6. The summed E-state index contributed by atoms with van der Waals surface area (Å²) in [6.07, 6.45) is 1.43. The maximum absolute atomic E-state index is 12.1. The fraction of sp³-hybridized carbons (Fsp3) is 0.263. The van der Waals surface area contributed by atoms with Crippen LogP contribution < -0.4 is 10.3 Å². The Bertz CT molecular complexity index is 786. The molecule has 132 valence electrons.